The molecule has 6 heteroatoms. The predicted octanol–water partition coefficient (Wildman–Crippen LogP) is 0.290. The first-order chi connectivity index (χ1) is 6.75. The molecule has 0 fully saturated rings. The molecule has 0 heterocycles. The van der Waals surface area contributed by atoms with E-state index in [2.05, 4.69) is 4.72 Å². The lowest BCUT2D eigenvalue weighted by molar-refractivity contribution is 0.398. The molecule has 15 heavy (non-hydrogen) atoms. The highest BCUT2D eigenvalue weighted by molar-refractivity contribution is 7.87. The lowest BCUT2D eigenvalue weighted by Crippen LogP contribution is -2.49. The molecule has 0 aliphatic carbocycles. The molecule has 0 radical (unpaired) electrons. The molecule has 92 valence electrons. The van der Waals surface area contributed by atoms with Crippen molar-refractivity contribution in [2.75, 3.05) is 20.1 Å². The van der Waals surface area contributed by atoms with Crippen LogP contribution in [0.25, 0.3) is 0 Å². The third-order valence-electron chi connectivity index (χ3n) is 2.38. The van der Waals surface area contributed by atoms with Crippen LogP contribution in [0.2, 0.25) is 0 Å². The summed E-state index contributed by atoms with van der Waals surface area (Å²) in [5, 5.41) is 0. The number of nitrogens with zero attached hydrogens (tertiary/aromatic N) is 1. The summed E-state index contributed by atoms with van der Waals surface area (Å²) in [5.74, 6) is 0. The van der Waals surface area contributed by atoms with E-state index in [9.17, 15) is 8.42 Å². The number of rotatable bonds is 7. The number of hydrogen-bond donors (Lipinski definition) is 2. The van der Waals surface area contributed by atoms with Gasteiger partial charge in [0.2, 0.25) is 0 Å². The Morgan fingerprint density at radius 1 is 1.40 bits per heavy atom. The van der Waals surface area contributed by atoms with Gasteiger partial charge in [-0.05, 0) is 33.2 Å². The molecule has 0 aliphatic rings. The van der Waals surface area contributed by atoms with E-state index in [0.717, 1.165) is 6.42 Å². The van der Waals surface area contributed by atoms with Crippen molar-refractivity contribution in [1.29, 1.82) is 0 Å². The van der Waals surface area contributed by atoms with Gasteiger partial charge < -0.3 is 5.73 Å². The fourth-order valence-electron chi connectivity index (χ4n) is 0.933. The highest BCUT2D eigenvalue weighted by atomic mass is 32.2. The minimum absolute atomic E-state index is 0.407. The van der Waals surface area contributed by atoms with Crippen molar-refractivity contribution in [3.63, 3.8) is 0 Å². The third kappa shape index (κ3) is 5.46. The van der Waals surface area contributed by atoms with Gasteiger partial charge in [0.15, 0.2) is 0 Å². The van der Waals surface area contributed by atoms with Crippen molar-refractivity contribution in [2.24, 2.45) is 5.73 Å². The zero-order valence-corrected chi connectivity index (χ0v) is 10.9. The van der Waals surface area contributed by atoms with E-state index < -0.39 is 15.7 Å². The maximum atomic E-state index is 11.8. The minimum Gasteiger partial charge on any atom is -0.330 e. The summed E-state index contributed by atoms with van der Waals surface area (Å²) in [7, 11) is -1.82. The van der Waals surface area contributed by atoms with Crippen LogP contribution in [-0.4, -0.2) is 38.4 Å². The Morgan fingerprint density at radius 2 is 1.93 bits per heavy atom. The zero-order valence-electron chi connectivity index (χ0n) is 10.1. The van der Waals surface area contributed by atoms with Gasteiger partial charge >= 0.3 is 0 Å². The van der Waals surface area contributed by atoms with Gasteiger partial charge in [-0.1, -0.05) is 6.92 Å². The van der Waals surface area contributed by atoms with Gasteiger partial charge in [-0.15, -0.1) is 0 Å². The van der Waals surface area contributed by atoms with Crippen LogP contribution in [0.3, 0.4) is 0 Å². The minimum atomic E-state index is -3.37. The normalized spacial score (nSPS) is 13.5. The molecule has 0 saturated heterocycles. The summed E-state index contributed by atoms with van der Waals surface area (Å²) in [6.07, 6.45) is 1.42. The Hall–Kier alpha value is -0.170. The van der Waals surface area contributed by atoms with Crippen LogP contribution in [0.5, 0.6) is 0 Å². The second kappa shape index (κ2) is 5.79. The van der Waals surface area contributed by atoms with Crippen LogP contribution >= 0.6 is 0 Å². The average molecular weight is 237 g/mol. The molecule has 0 rings (SSSR count). The summed E-state index contributed by atoms with van der Waals surface area (Å²) >= 11 is 0. The standard InChI is InChI=1S/C9H23N3O2S/c1-5-9(2,3)11-15(13,14)12(4)8-6-7-10/h11H,5-8,10H2,1-4H3. The fraction of sp³-hybridized carbons (Fsp3) is 1.00. The molecule has 0 spiro atoms. The highest BCUT2D eigenvalue weighted by Crippen LogP contribution is 2.10. The second-order valence-corrected chi connectivity index (χ2v) is 6.09. The SMILES string of the molecule is CCC(C)(C)NS(=O)(=O)N(C)CCCN. The summed E-state index contributed by atoms with van der Waals surface area (Å²) in [5.41, 5.74) is 4.92. The quantitative estimate of drug-likeness (QED) is 0.668. The van der Waals surface area contributed by atoms with Crippen molar-refractivity contribution in [1.82, 2.24) is 9.03 Å². The van der Waals surface area contributed by atoms with E-state index in [1.54, 1.807) is 7.05 Å². The molecule has 0 aromatic heterocycles. The number of hydrogen-bond acceptors (Lipinski definition) is 3. The van der Waals surface area contributed by atoms with Crippen molar-refractivity contribution in [2.45, 2.75) is 39.2 Å². The van der Waals surface area contributed by atoms with Gasteiger partial charge in [-0.2, -0.15) is 17.4 Å². The summed E-state index contributed by atoms with van der Waals surface area (Å²) < 4.78 is 27.5. The largest absolute Gasteiger partial charge is 0.330 e. The monoisotopic (exact) mass is 237 g/mol. The van der Waals surface area contributed by atoms with Crippen molar-refractivity contribution < 1.29 is 8.42 Å². The highest BCUT2D eigenvalue weighted by Gasteiger charge is 2.25. The first-order valence-corrected chi connectivity index (χ1v) is 6.64. The lowest BCUT2D eigenvalue weighted by atomic mass is 10.0. The van der Waals surface area contributed by atoms with Crippen molar-refractivity contribution >= 4 is 10.2 Å². The number of nitrogens with one attached hydrogen (secondary N) is 1. The van der Waals surface area contributed by atoms with Gasteiger partial charge in [0, 0.05) is 19.1 Å². The Morgan fingerprint density at radius 3 is 2.33 bits per heavy atom. The maximum Gasteiger partial charge on any atom is 0.279 e. The smallest absolute Gasteiger partial charge is 0.279 e. The van der Waals surface area contributed by atoms with Crippen LogP contribution in [-0.2, 0) is 10.2 Å². The molecule has 5 nitrogen and oxygen atoms in total. The van der Waals surface area contributed by atoms with Gasteiger partial charge in [0.05, 0.1) is 0 Å². The van der Waals surface area contributed by atoms with E-state index in [4.69, 9.17) is 5.73 Å². The van der Waals surface area contributed by atoms with E-state index >= 15 is 0 Å². The van der Waals surface area contributed by atoms with Gasteiger partial charge in [-0.3, -0.25) is 0 Å². The van der Waals surface area contributed by atoms with Gasteiger partial charge in [0.25, 0.3) is 10.2 Å². The maximum absolute atomic E-state index is 11.8. The predicted molar refractivity (Wildman–Crippen MR) is 62.7 cm³/mol. The molecule has 0 aliphatic heterocycles. The first-order valence-electron chi connectivity index (χ1n) is 5.20. The Balaban J connectivity index is 4.42. The molecule has 0 unspecified atom stereocenters. The molecular weight excluding hydrogens is 214 g/mol. The molecule has 0 aromatic rings. The number of nitrogens with two attached hydrogens (primary N) is 1. The molecular formula is C9H23N3O2S. The molecule has 0 aromatic carbocycles. The van der Waals surface area contributed by atoms with Crippen LogP contribution < -0.4 is 10.5 Å². The van der Waals surface area contributed by atoms with Crippen LogP contribution in [0.15, 0.2) is 0 Å². The summed E-state index contributed by atoms with van der Waals surface area (Å²) in [4.78, 5) is 0. The van der Waals surface area contributed by atoms with Crippen molar-refractivity contribution in [3.8, 4) is 0 Å². The average Bonchev–Trinajstić information content (AvgIpc) is 2.12. The van der Waals surface area contributed by atoms with Crippen LogP contribution in [0.4, 0.5) is 0 Å². The van der Waals surface area contributed by atoms with Gasteiger partial charge in [-0.25, -0.2) is 0 Å². The van der Waals surface area contributed by atoms with E-state index in [-0.39, 0.29) is 0 Å². The summed E-state index contributed by atoms with van der Waals surface area (Å²) in [6, 6.07) is 0. The Labute approximate surface area is 93.2 Å². The second-order valence-electron chi connectivity index (χ2n) is 4.31. The molecule has 0 amide bonds. The van der Waals surface area contributed by atoms with E-state index in [0.29, 0.717) is 19.5 Å². The first kappa shape index (κ1) is 14.8. The van der Waals surface area contributed by atoms with Crippen LogP contribution in [0, 0.1) is 0 Å². The summed E-state index contributed by atoms with van der Waals surface area (Å²) in [6.45, 7) is 6.62. The molecule has 3 N–H and O–H groups in total. The lowest BCUT2D eigenvalue weighted by Gasteiger charge is -2.27. The zero-order chi connectivity index (χ0) is 12.1. The molecule has 0 atom stereocenters. The Bertz CT molecular complexity index is 275. The van der Waals surface area contributed by atoms with E-state index in [1.165, 1.54) is 4.31 Å². The van der Waals surface area contributed by atoms with Crippen molar-refractivity contribution in [3.05, 3.63) is 0 Å². The third-order valence-corrected chi connectivity index (χ3v) is 4.19. The van der Waals surface area contributed by atoms with Crippen LogP contribution in [0.1, 0.15) is 33.6 Å². The topological polar surface area (TPSA) is 75.4 Å². The molecule has 0 saturated carbocycles. The Kier molecular flexibility index (Phi) is 5.72. The molecule has 0 bridgehead atoms. The van der Waals surface area contributed by atoms with Gasteiger partial charge in [0.1, 0.15) is 0 Å². The van der Waals surface area contributed by atoms with E-state index in [1.807, 2.05) is 20.8 Å². The fourth-order valence-corrected chi connectivity index (χ4v) is 2.30.